The Bertz CT molecular complexity index is 2980. The first-order valence-corrected chi connectivity index (χ1v) is 43.3. The zero-order valence-corrected chi connectivity index (χ0v) is 67.5. The van der Waals surface area contributed by atoms with E-state index in [0.29, 0.717) is 180 Å². The number of rotatable bonds is 60. The summed E-state index contributed by atoms with van der Waals surface area (Å²) in [6, 6.07) is 25.4. The SMILES string of the molecule is C=CCOCC(O)COc1ccc(-c2ccc(OCC3CO3)c(CC(O)COCC=C)c2)cc1CC1CO1.CCO[SiH](OCC)OCC.CCO[Si](CCCOCC(O)COc1ccc(-c2ccc(OCC3CO3)c(CC(O)COCCC[Si](OCC)(OCC)OCC)c2)cc1CC1CO1)(OCC)OCC. The Labute approximate surface area is 633 Å². The molecule has 4 aliphatic rings. The van der Waals surface area contributed by atoms with E-state index in [4.69, 9.17) is 96.7 Å². The molecular weight excluding hydrogens is 1420 g/mol. The van der Waals surface area contributed by atoms with Crippen LogP contribution in [0.25, 0.3) is 22.3 Å². The van der Waals surface area contributed by atoms with Crippen LogP contribution in [0.1, 0.15) is 97.4 Å². The zero-order valence-electron chi connectivity index (χ0n) is 64.4. The van der Waals surface area contributed by atoms with Gasteiger partial charge in [0.25, 0.3) is 0 Å². The molecule has 8 rings (SSSR count). The molecule has 25 nitrogen and oxygen atoms in total. The maximum atomic E-state index is 11.1. The summed E-state index contributed by atoms with van der Waals surface area (Å²) in [5.74, 6) is 2.85. The smallest absolute Gasteiger partial charge is 0.491 e. The molecule has 8 unspecified atom stereocenters. The minimum Gasteiger partial charge on any atom is -0.491 e. The molecule has 4 N–H and O–H groups in total. The lowest BCUT2D eigenvalue weighted by Crippen LogP contribution is -2.46. The minimum absolute atomic E-state index is 0.0859. The molecule has 4 aromatic rings. The fraction of sp³-hybridized carbons (Fsp3) is 0.641. The number of aliphatic hydroxyl groups excluding tert-OH is 4. The molecule has 0 aliphatic carbocycles. The van der Waals surface area contributed by atoms with Gasteiger partial charge < -0.3 is 117 Å². The molecule has 4 heterocycles. The van der Waals surface area contributed by atoms with Crippen molar-refractivity contribution >= 4 is 27.1 Å². The van der Waals surface area contributed by atoms with E-state index in [1.54, 1.807) is 12.2 Å². The Balaban J connectivity index is 0.000000312. The maximum absolute atomic E-state index is 11.1. The summed E-state index contributed by atoms with van der Waals surface area (Å²) in [6.07, 6.45) is 4.43. The second kappa shape index (κ2) is 51.8. The average molecular weight is 1550 g/mol. The van der Waals surface area contributed by atoms with Crippen LogP contribution >= 0.6 is 0 Å². The molecule has 4 aliphatic heterocycles. The molecule has 28 heteroatoms. The van der Waals surface area contributed by atoms with E-state index in [9.17, 15) is 20.4 Å². The van der Waals surface area contributed by atoms with Crippen molar-refractivity contribution in [2.24, 2.45) is 0 Å². The molecule has 4 saturated heterocycles. The Hall–Kier alpha value is -4.63. The monoisotopic (exact) mass is 1540 g/mol. The molecule has 598 valence electrons. The average Bonchev–Trinajstić information content (AvgIpc) is 1.77. The molecule has 0 bridgehead atoms. The lowest BCUT2D eigenvalue weighted by atomic mass is 9.96. The first-order valence-electron chi connectivity index (χ1n) is 38.0. The number of ether oxygens (including phenoxy) is 12. The Kier molecular flexibility index (Phi) is 44.1. The van der Waals surface area contributed by atoms with Gasteiger partial charge in [0, 0.05) is 110 Å². The van der Waals surface area contributed by atoms with Gasteiger partial charge in [-0.3, -0.25) is 0 Å². The Morgan fingerprint density at radius 2 is 0.698 bits per heavy atom. The highest BCUT2D eigenvalue weighted by Crippen LogP contribution is 2.36. The summed E-state index contributed by atoms with van der Waals surface area (Å²) >= 11 is 0. The summed E-state index contributed by atoms with van der Waals surface area (Å²) in [7, 11) is -7.21. The highest BCUT2D eigenvalue weighted by Gasteiger charge is 2.41. The quantitative estimate of drug-likeness (QED) is 0.0138. The van der Waals surface area contributed by atoms with Crippen molar-refractivity contribution in [3.63, 3.8) is 0 Å². The topological polar surface area (TPSA) is 288 Å². The Morgan fingerprint density at radius 3 is 1.01 bits per heavy atom. The first kappa shape index (κ1) is 90.3. The summed E-state index contributed by atoms with van der Waals surface area (Å²) in [4.78, 5) is 0. The molecule has 8 atom stereocenters. The lowest BCUT2D eigenvalue weighted by Gasteiger charge is -2.28. The molecule has 0 amide bonds. The molecule has 4 fully saturated rings. The predicted octanol–water partition coefficient (Wildman–Crippen LogP) is 9.56. The van der Waals surface area contributed by atoms with Crippen LogP contribution in [0.15, 0.2) is 98.1 Å². The second-order valence-corrected chi connectivity index (χ2v) is 32.5. The Morgan fingerprint density at radius 1 is 0.396 bits per heavy atom. The van der Waals surface area contributed by atoms with Crippen molar-refractivity contribution < 1.29 is 117 Å². The van der Waals surface area contributed by atoms with Gasteiger partial charge in [-0.2, -0.15) is 0 Å². The van der Waals surface area contributed by atoms with Crippen molar-refractivity contribution in [1.29, 1.82) is 0 Å². The molecule has 0 radical (unpaired) electrons. The van der Waals surface area contributed by atoms with E-state index in [1.807, 2.05) is 117 Å². The largest absolute Gasteiger partial charge is 0.501 e. The van der Waals surface area contributed by atoms with Gasteiger partial charge in [0.2, 0.25) is 0 Å². The van der Waals surface area contributed by atoms with E-state index in [-0.39, 0.29) is 64.1 Å². The molecule has 0 aromatic heterocycles. The van der Waals surface area contributed by atoms with Crippen LogP contribution in [-0.4, -0.2) is 262 Å². The lowest BCUT2D eigenvalue weighted by molar-refractivity contribution is 0.00999. The maximum Gasteiger partial charge on any atom is 0.501 e. The molecule has 4 aromatic carbocycles. The van der Waals surface area contributed by atoms with Gasteiger partial charge in [0.15, 0.2) is 0 Å². The van der Waals surface area contributed by atoms with Crippen LogP contribution in [-0.2, 0) is 103 Å². The number of epoxide rings is 4. The molecule has 0 saturated carbocycles. The van der Waals surface area contributed by atoms with Crippen molar-refractivity contribution in [2.45, 2.75) is 162 Å². The zero-order chi connectivity index (χ0) is 76.2. The summed E-state index contributed by atoms with van der Waals surface area (Å²) < 4.78 is 120. The van der Waals surface area contributed by atoms with Gasteiger partial charge >= 0.3 is 27.1 Å². The van der Waals surface area contributed by atoms with Gasteiger partial charge in [-0.25, -0.2) is 0 Å². The van der Waals surface area contributed by atoms with Crippen LogP contribution in [0.5, 0.6) is 23.0 Å². The van der Waals surface area contributed by atoms with Gasteiger partial charge in [-0.05, 0) is 168 Å². The predicted molar refractivity (Wildman–Crippen MR) is 409 cm³/mol. The third kappa shape index (κ3) is 35.6. The molecule has 106 heavy (non-hydrogen) atoms. The van der Waals surface area contributed by atoms with Crippen LogP contribution < -0.4 is 18.9 Å². The standard InChI is InChI=1S/C42H70O14Si2.C30H38O8.C6H16O3Si/c1-7-51-57(52-8-2,53-9-3)21-13-19-45-27-37(43)25-35-23-33(15-17-41(35)50-32-40-31-48-40)34-16-18-42(36(24-34)26-39-30-47-39)49-29-38(44)28-46-20-14-22-58(54-10-4,55-11-5)56-12-6;1-3-9-33-15-25(31)13-23-11-21(5-7-29(23)38-20-28-19-36-28)22-6-8-30(24(12-22)14-27-18-35-27)37-17-26(32)16-34-10-4-2;1-4-7-10(8-5-2)9-6-3/h15-18,23-24,37-40,43-44H,7-14,19-22,25-32H2,1-6H3;3-8,11-12,25-28,31-32H,1-2,9-10,13-20H2;10H,4-6H2,1-3H3. The second-order valence-electron chi connectivity index (χ2n) is 25.4. The van der Waals surface area contributed by atoms with Crippen molar-refractivity contribution in [2.75, 3.05) is 165 Å². The number of hydrogen-bond donors (Lipinski definition) is 4. The van der Waals surface area contributed by atoms with Gasteiger partial charge in [-0.15, -0.1) is 13.2 Å². The van der Waals surface area contributed by atoms with Crippen LogP contribution in [0.4, 0.5) is 0 Å². The first-order chi connectivity index (χ1) is 51.6. The summed E-state index contributed by atoms with van der Waals surface area (Å²) in [6.45, 7) is 36.3. The van der Waals surface area contributed by atoms with E-state index in [1.165, 1.54) is 0 Å². The van der Waals surface area contributed by atoms with Gasteiger partial charge in [-0.1, -0.05) is 36.4 Å². The number of benzene rings is 4. The highest BCUT2D eigenvalue weighted by molar-refractivity contribution is 6.61. The van der Waals surface area contributed by atoms with E-state index >= 15 is 0 Å². The number of hydrogen-bond acceptors (Lipinski definition) is 25. The highest BCUT2D eigenvalue weighted by atomic mass is 28.4. The van der Waals surface area contributed by atoms with E-state index in [0.717, 1.165) is 63.3 Å². The van der Waals surface area contributed by atoms with Crippen LogP contribution in [0.2, 0.25) is 12.1 Å². The van der Waals surface area contributed by atoms with Crippen LogP contribution in [0, 0.1) is 0 Å². The normalized spacial score (nSPS) is 17.6. The summed E-state index contributed by atoms with van der Waals surface area (Å²) in [5, 5.41) is 42.6. The van der Waals surface area contributed by atoms with Crippen LogP contribution in [0.3, 0.4) is 0 Å². The number of aliphatic hydroxyl groups is 4. The van der Waals surface area contributed by atoms with Gasteiger partial charge in [0.05, 0.1) is 90.5 Å². The fourth-order valence-electron chi connectivity index (χ4n) is 11.2. The van der Waals surface area contributed by atoms with Crippen molar-refractivity contribution in [3.05, 3.63) is 120 Å². The van der Waals surface area contributed by atoms with Crippen molar-refractivity contribution in [1.82, 2.24) is 0 Å². The summed E-state index contributed by atoms with van der Waals surface area (Å²) in [5.41, 5.74) is 7.75. The molecule has 0 spiro atoms. The van der Waals surface area contributed by atoms with Crippen molar-refractivity contribution in [3.8, 4) is 45.3 Å². The minimum atomic E-state index is -2.74. The van der Waals surface area contributed by atoms with Gasteiger partial charge in [0.1, 0.15) is 73.8 Å². The fourth-order valence-corrected chi connectivity index (χ4v) is 17.5. The molecular formula is C78H124O25Si3. The van der Waals surface area contributed by atoms with E-state index in [2.05, 4.69) is 31.4 Å². The third-order valence-electron chi connectivity index (χ3n) is 16.4. The van der Waals surface area contributed by atoms with E-state index < -0.39 is 51.6 Å². The third-order valence-corrected chi connectivity index (χ3v) is 24.5.